The molecule has 0 radical (unpaired) electrons. The Morgan fingerprint density at radius 1 is 1.26 bits per heavy atom. The Morgan fingerprint density at radius 3 is 2.70 bits per heavy atom. The van der Waals surface area contributed by atoms with Gasteiger partial charge in [-0.05, 0) is 24.6 Å². The molecule has 1 aromatic carbocycles. The summed E-state index contributed by atoms with van der Waals surface area (Å²) >= 11 is 7.40. The number of amides is 2. The van der Waals surface area contributed by atoms with Gasteiger partial charge in [-0.2, -0.15) is 4.37 Å². The Bertz CT molecular complexity index is 730. The number of aromatic nitrogens is 2. The van der Waals surface area contributed by atoms with Crippen LogP contribution in [-0.4, -0.2) is 61.2 Å². The minimum absolute atomic E-state index is 0.0855. The van der Waals surface area contributed by atoms with Gasteiger partial charge in [0, 0.05) is 29.5 Å². The van der Waals surface area contributed by atoms with Crippen molar-refractivity contribution in [1.82, 2.24) is 20.0 Å². The fourth-order valence-electron chi connectivity index (χ4n) is 3.07. The van der Waals surface area contributed by atoms with Crippen molar-refractivity contribution in [2.24, 2.45) is 0 Å². The van der Waals surface area contributed by atoms with Gasteiger partial charge in [-0.3, -0.25) is 0 Å². The van der Waals surface area contributed by atoms with Crippen LogP contribution in [0.4, 0.5) is 9.93 Å². The van der Waals surface area contributed by atoms with Crippen molar-refractivity contribution in [3.05, 3.63) is 40.7 Å². The van der Waals surface area contributed by atoms with E-state index in [1.54, 1.807) is 0 Å². The quantitative estimate of drug-likeness (QED) is 0.632. The number of hydrogen-bond acceptors (Lipinski definition) is 5. The zero-order valence-corrected chi connectivity index (χ0v) is 17.1. The van der Waals surface area contributed by atoms with Gasteiger partial charge in [0.15, 0.2) is 0 Å². The number of nitrogens with zero attached hydrogens (tertiary/aromatic N) is 3. The summed E-state index contributed by atoms with van der Waals surface area (Å²) in [4.78, 5) is 19.9. The second-order valence-corrected chi connectivity index (χ2v) is 7.74. The van der Waals surface area contributed by atoms with Gasteiger partial charge in [-0.15, -0.1) is 0 Å². The highest BCUT2D eigenvalue weighted by molar-refractivity contribution is 7.09. The van der Waals surface area contributed by atoms with Crippen molar-refractivity contribution in [3.8, 4) is 0 Å². The Labute approximate surface area is 168 Å². The second-order valence-electron chi connectivity index (χ2n) is 6.57. The van der Waals surface area contributed by atoms with E-state index in [9.17, 15) is 4.79 Å². The van der Waals surface area contributed by atoms with Gasteiger partial charge in [-0.25, -0.2) is 9.78 Å². The van der Waals surface area contributed by atoms with Crippen LogP contribution < -0.4 is 20.4 Å². The molecule has 0 aliphatic carbocycles. The van der Waals surface area contributed by atoms with E-state index in [0.29, 0.717) is 13.1 Å². The molecule has 2 heterocycles. The van der Waals surface area contributed by atoms with Crippen LogP contribution in [0.15, 0.2) is 24.3 Å². The molecule has 7 nitrogen and oxygen atoms in total. The van der Waals surface area contributed by atoms with E-state index in [1.165, 1.54) is 16.4 Å². The highest BCUT2D eigenvalue weighted by Gasteiger charge is 2.22. The monoisotopic (exact) mass is 409 g/mol. The highest BCUT2D eigenvalue weighted by atomic mass is 35.5. The maximum atomic E-state index is 11.4. The van der Waals surface area contributed by atoms with Crippen LogP contribution in [0.25, 0.3) is 0 Å². The molecule has 0 bridgehead atoms. The largest absolute Gasteiger partial charge is 0.338 e. The average Bonchev–Trinajstić information content (AvgIpc) is 3.13. The number of nitrogens with one attached hydrogen (secondary N) is 3. The zero-order chi connectivity index (χ0) is 19.1. The van der Waals surface area contributed by atoms with Gasteiger partial charge in [0.1, 0.15) is 5.82 Å². The number of carbonyl (C=O) groups is 1. The smallest absolute Gasteiger partial charge is 0.314 e. The first-order valence-electron chi connectivity index (χ1n) is 9.31. The summed E-state index contributed by atoms with van der Waals surface area (Å²) in [6.07, 6.45) is 0.727. The SMILES string of the molecule is CCNC(=O)NCC[NH+]1CCN(c2nc(Cc3ccc(Cl)cc3)ns2)CC1. The standard InChI is InChI=1S/C18H25ClN6OS/c1-2-20-17(26)21-7-8-24-9-11-25(12-10-24)18-22-16(23-27-18)13-14-3-5-15(19)6-4-14/h3-6H,2,7-13H2,1H3,(H2,20,21,26)/p+1. The summed E-state index contributed by atoms with van der Waals surface area (Å²) in [5, 5.41) is 7.38. The van der Waals surface area contributed by atoms with E-state index < -0.39 is 0 Å². The van der Waals surface area contributed by atoms with E-state index in [1.807, 2.05) is 31.2 Å². The molecule has 2 aromatic rings. The third kappa shape index (κ3) is 6.05. The van der Waals surface area contributed by atoms with Gasteiger partial charge in [0.05, 0.1) is 39.3 Å². The van der Waals surface area contributed by atoms with Gasteiger partial charge in [0.2, 0.25) is 5.13 Å². The van der Waals surface area contributed by atoms with E-state index in [-0.39, 0.29) is 6.03 Å². The molecule has 1 aliphatic heterocycles. The number of urea groups is 1. The molecule has 146 valence electrons. The van der Waals surface area contributed by atoms with Crippen molar-refractivity contribution in [3.63, 3.8) is 0 Å². The molecule has 2 amide bonds. The maximum Gasteiger partial charge on any atom is 0.314 e. The van der Waals surface area contributed by atoms with Crippen LogP contribution in [0.3, 0.4) is 0 Å². The van der Waals surface area contributed by atoms with Crippen molar-refractivity contribution in [1.29, 1.82) is 0 Å². The summed E-state index contributed by atoms with van der Waals surface area (Å²) in [6.45, 7) is 8.23. The highest BCUT2D eigenvalue weighted by Crippen LogP contribution is 2.19. The normalized spacial score (nSPS) is 15.0. The van der Waals surface area contributed by atoms with E-state index in [0.717, 1.165) is 60.7 Å². The third-order valence-corrected chi connectivity index (χ3v) is 5.64. The number of carbonyl (C=O) groups excluding carboxylic acids is 1. The number of piperazine rings is 1. The molecule has 0 saturated carbocycles. The minimum Gasteiger partial charge on any atom is -0.338 e. The first-order chi connectivity index (χ1) is 13.1. The van der Waals surface area contributed by atoms with Crippen LogP contribution in [0.2, 0.25) is 5.02 Å². The Morgan fingerprint density at radius 2 is 2.00 bits per heavy atom. The molecule has 1 aliphatic rings. The van der Waals surface area contributed by atoms with E-state index >= 15 is 0 Å². The molecule has 9 heteroatoms. The maximum absolute atomic E-state index is 11.4. The number of anilines is 1. The predicted octanol–water partition coefficient (Wildman–Crippen LogP) is 0.806. The Hall–Kier alpha value is -1.90. The molecule has 3 N–H and O–H groups in total. The number of hydrogen-bond donors (Lipinski definition) is 3. The van der Waals surface area contributed by atoms with Crippen LogP contribution in [0.1, 0.15) is 18.3 Å². The minimum atomic E-state index is -0.0855. The van der Waals surface area contributed by atoms with Gasteiger partial charge < -0.3 is 20.4 Å². The van der Waals surface area contributed by atoms with Crippen molar-refractivity contribution in [2.45, 2.75) is 13.3 Å². The summed E-state index contributed by atoms with van der Waals surface area (Å²) in [6, 6.07) is 7.73. The van der Waals surface area contributed by atoms with Crippen molar-refractivity contribution >= 4 is 34.3 Å². The third-order valence-electron chi connectivity index (χ3n) is 4.58. The van der Waals surface area contributed by atoms with Crippen molar-refractivity contribution < 1.29 is 9.69 Å². The van der Waals surface area contributed by atoms with Gasteiger partial charge in [0.25, 0.3) is 0 Å². The lowest BCUT2D eigenvalue weighted by molar-refractivity contribution is -0.899. The number of quaternary nitrogens is 1. The summed E-state index contributed by atoms with van der Waals surface area (Å²) in [5.74, 6) is 0.859. The molecule has 1 saturated heterocycles. The molecule has 0 atom stereocenters. The molecule has 1 aromatic heterocycles. The summed E-state index contributed by atoms with van der Waals surface area (Å²) in [7, 11) is 0. The van der Waals surface area contributed by atoms with Crippen LogP contribution in [0, 0.1) is 0 Å². The lowest BCUT2D eigenvalue weighted by Gasteiger charge is -2.31. The first kappa shape index (κ1) is 19.9. The molecular weight excluding hydrogens is 384 g/mol. The van der Waals surface area contributed by atoms with E-state index in [2.05, 4.69) is 19.9 Å². The molecule has 0 unspecified atom stereocenters. The lowest BCUT2D eigenvalue weighted by Crippen LogP contribution is -3.15. The van der Waals surface area contributed by atoms with Crippen LogP contribution in [0.5, 0.6) is 0 Å². The van der Waals surface area contributed by atoms with Gasteiger partial charge in [-0.1, -0.05) is 23.7 Å². The zero-order valence-electron chi connectivity index (χ0n) is 15.5. The molecule has 3 rings (SSSR count). The van der Waals surface area contributed by atoms with Gasteiger partial charge >= 0.3 is 6.03 Å². The number of rotatable bonds is 7. The average molecular weight is 410 g/mol. The van der Waals surface area contributed by atoms with Crippen LogP contribution in [-0.2, 0) is 6.42 Å². The molecule has 27 heavy (non-hydrogen) atoms. The second kappa shape index (κ2) is 9.87. The topological polar surface area (TPSA) is 74.6 Å². The fraction of sp³-hybridized carbons (Fsp3) is 0.500. The van der Waals surface area contributed by atoms with Crippen LogP contribution >= 0.6 is 23.1 Å². The number of halogens is 1. The Balaban J connectivity index is 1.42. The predicted molar refractivity (Wildman–Crippen MR) is 109 cm³/mol. The summed E-state index contributed by atoms with van der Waals surface area (Å²) < 4.78 is 4.51. The Kier molecular flexibility index (Phi) is 7.25. The molecule has 0 spiro atoms. The van der Waals surface area contributed by atoms with E-state index in [4.69, 9.17) is 16.6 Å². The fourth-order valence-corrected chi connectivity index (χ4v) is 3.93. The molecule has 1 fully saturated rings. The van der Waals surface area contributed by atoms with Crippen molar-refractivity contribution in [2.75, 3.05) is 50.7 Å². The summed E-state index contributed by atoms with van der Waals surface area (Å²) in [5.41, 5.74) is 1.16. The lowest BCUT2D eigenvalue weighted by atomic mass is 10.1. The molecular formula is C18H26ClN6OS+. The number of benzene rings is 1. The first-order valence-corrected chi connectivity index (χ1v) is 10.5.